The highest BCUT2D eigenvalue weighted by Gasteiger charge is 2.10. The monoisotopic (exact) mass is 247 g/mol. The minimum Gasteiger partial charge on any atom is -0.389 e. The zero-order valence-electron chi connectivity index (χ0n) is 11.4. The SMILES string of the molecule is C=C(C#CC1CCCCC1)/C=C(\C)C(O)CCN. The number of aliphatic hydroxyl groups is 1. The lowest BCUT2D eigenvalue weighted by atomic mass is 9.89. The van der Waals surface area contributed by atoms with E-state index >= 15 is 0 Å². The van der Waals surface area contributed by atoms with E-state index in [0.29, 0.717) is 18.9 Å². The van der Waals surface area contributed by atoms with Crippen LogP contribution in [-0.2, 0) is 0 Å². The smallest absolute Gasteiger partial charge is 0.0762 e. The molecule has 0 aliphatic heterocycles. The van der Waals surface area contributed by atoms with Gasteiger partial charge < -0.3 is 10.8 Å². The molecule has 0 saturated heterocycles. The predicted molar refractivity (Wildman–Crippen MR) is 76.9 cm³/mol. The summed E-state index contributed by atoms with van der Waals surface area (Å²) in [6.07, 6.45) is 8.39. The summed E-state index contributed by atoms with van der Waals surface area (Å²) in [5, 5.41) is 9.75. The first-order valence-electron chi connectivity index (χ1n) is 6.90. The maximum absolute atomic E-state index is 9.75. The molecule has 0 amide bonds. The van der Waals surface area contributed by atoms with E-state index in [0.717, 1.165) is 11.1 Å². The van der Waals surface area contributed by atoms with Crippen LogP contribution in [0.5, 0.6) is 0 Å². The zero-order chi connectivity index (χ0) is 13.4. The molecule has 0 bridgehead atoms. The molecular weight excluding hydrogens is 222 g/mol. The third-order valence-electron chi connectivity index (χ3n) is 3.41. The van der Waals surface area contributed by atoms with Crippen molar-refractivity contribution in [3.8, 4) is 11.8 Å². The molecule has 0 aromatic rings. The lowest BCUT2D eigenvalue weighted by Gasteiger charge is -2.15. The molecule has 0 aromatic carbocycles. The fourth-order valence-corrected chi connectivity index (χ4v) is 2.23. The number of hydrogen-bond acceptors (Lipinski definition) is 2. The van der Waals surface area contributed by atoms with E-state index in [9.17, 15) is 5.11 Å². The van der Waals surface area contributed by atoms with Crippen LogP contribution in [0.2, 0.25) is 0 Å². The first-order valence-corrected chi connectivity index (χ1v) is 6.90. The van der Waals surface area contributed by atoms with Crippen molar-refractivity contribution >= 4 is 0 Å². The molecule has 0 spiro atoms. The minimum atomic E-state index is -0.469. The number of aliphatic hydroxyl groups excluding tert-OH is 1. The summed E-state index contributed by atoms with van der Waals surface area (Å²) in [6, 6.07) is 0. The van der Waals surface area contributed by atoms with Crippen molar-refractivity contribution in [3.05, 3.63) is 23.8 Å². The number of nitrogens with two attached hydrogens (primary N) is 1. The molecule has 2 heteroatoms. The summed E-state index contributed by atoms with van der Waals surface area (Å²) in [7, 11) is 0. The Labute approximate surface area is 111 Å². The van der Waals surface area contributed by atoms with E-state index < -0.39 is 6.10 Å². The Morgan fingerprint density at radius 1 is 1.44 bits per heavy atom. The normalized spacial score (nSPS) is 18.9. The lowest BCUT2D eigenvalue weighted by Crippen LogP contribution is -2.14. The molecule has 1 aliphatic carbocycles. The second-order valence-corrected chi connectivity index (χ2v) is 5.11. The van der Waals surface area contributed by atoms with Gasteiger partial charge in [0, 0.05) is 11.5 Å². The summed E-state index contributed by atoms with van der Waals surface area (Å²) < 4.78 is 0. The van der Waals surface area contributed by atoms with Crippen LogP contribution in [0.15, 0.2) is 23.8 Å². The van der Waals surface area contributed by atoms with Gasteiger partial charge in [-0.1, -0.05) is 37.7 Å². The molecule has 0 heterocycles. The van der Waals surface area contributed by atoms with E-state index in [2.05, 4.69) is 18.4 Å². The Morgan fingerprint density at radius 3 is 2.72 bits per heavy atom. The van der Waals surface area contributed by atoms with Crippen molar-refractivity contribution < 1.29 is 5.11 Å². The van der Waals surface area contributed by atoms with Crippen LogP contribution < -0.4 is 5.73 Å². The zero-order valence-corrected chi connectivity index (χ0v) is 11.4. The first-order chi connectivity index (χ1) is 8.63. The summed E-state index contributed by atoms with van der Waals surface area (Å²) >= 11 is 0. The average molecular weight is 247 g/mol. The molecule has 1 aliphatic rings. The minimum absolute atomic E-state index is 0.469. The van der Waals surface area contributed by atoms with Gasteiger partial charge in [-0.05, 0) is 44.4 Å². The van der Waals surface area contributed by atoms with Gasteiger partial charge in [-0.25, -0.2) is 0 Å². The van der Waals surface area contributed by atoms with Crippen LogP contribution >= 0.6 is 0 Å². The average Bonchev–Trinajstić information content (AvgIpc) is 2.38. The molecule has 2 nitrogen and oxygen atoms in total. The summed E-state index contributed by atoms with van der Waals surface area (Å²) in [6.45, 7) is 6.32. The van der Waals surface area contributed by atoms with Crippen LogP contribution in [0, 0.1) is 17.8 Å². The second kappa shape index (κ2) is 8.13. The molecule has 1 saturated carbocycles. The van der Waals surface area contributed by atoms with E-state index in [1.165, 1.54) is 32.1 Å². The molecule has 1 rings (SSSR count). The number of allylic oxidation sites excluding steroid dienone is 2. The van der Waals surface area contributed by atoms with Crippen molar-refractivity contribution in [2.75, 3.05) is 6.54 Å². The molecule has 1 fully saturated rings. The quantitative estimate of drug-likeness (QED) is 0.593. The third-order valence-corrected chi connectivity index (χ3v) is 3.41. The van der Waals surface area contributed by atoms with Crippen molar-refractivity contribution in [1.82, 2.24) is 0 Å². The summed E-state index contributed by atoms with van der Waals surface area (Å²) in [5.41, 5.74) is 7.09. The van der Waals surface area contributed by atoms with Gasteiger partial charge in [-0.15, -0.1) is 0 Å². The van der Waals surface area contributed by atoms with Gasteiger partial charge in [0.15, 0.2) is 0 Å². The lowest BCUT2D eigenvalue weighted by molar-refractivity contribution is 0.203. The molecule has 0 radical (unpaired) electrons. The fraction of sp³-hybridized carbons (Fsp3) is 0.625. The standard InChI is InChI=1S/C16H25NO/c1-13(12-14(2)16(18)10-11-17)8-9-15-6-4-3-5-7-15/h12,15-16,18H,1,3-7,10-11,17H2,2H3/b14-12+. The van der Waals surface area contributed by atoms with Gasteiger partial charge in [0.1, 0.15) is 0 Å². The Balaban J connectivity index is 2.49. The van der Waals surface area contributed by atoms with Gasteiger partial charge in [-0.3, -0.25) is 0 Å². The topological polar surface area (TPSA) is 46.2 Å². The van der Waals surface area contributed by atoms with Crippen LogP contribution in [0.25, 0.3) is 0 Å². The molecular formula is C16H25NO. The second-order valence-electron chi connectivity index (χ2n) is 5.11. The van der Waals surface area contributed by atoms with Crippen molar-refractivity contribution in [2.24, 2.45) is 11.7 Å². The Bertz CT molecular complexity index is 353. The van der Waals surface area contributed by atoms with E-state index in [4.69, 9.17) is 5.73 Å². The van der Waals surface area contributed by atoms with Crippen LogP contribution in [0.1, 0.15) is 45.4 Å². The molecule has 0 aromatic heterocycles. The highest BCUT2D eigenvalue weighted by molar-refractivity contribution is 5.38. The maximum Gasteiger partial charge on any atom is 0.0762 e. The fourth-order valence-electron chi connectivity index (χ4n) is 2.23. The summed E-state index contributed by atoms with van der Waals surface area (Å²) in [4.78, 5) is 0. The Hall–Kier alpha value is -1.04. The maximum atomic E-state index is 9.75. The molecule has 3 N–H and O–H groups in total. The largest absolute Gasteiger partial charge is 0.389 e. The predicted octanol–water partition coefficient (Wildman–Crippen LogP) is 2.78. The van der Waals surface area contributed by atoms with Gasteiger partial charge in [0.05, 0.1) is 6.10 Å². The summed E-state index contributed by atoms with van der Waals surface area (Å²) in [5.74, 6) is 6.95. The number of rotatable bonds is 4. The van der Waals surface area contributed by atoms with Crippen molar-refractivity contribution in [3.63, 3.8) is 0 Å². The van der Waals surface area contributed by atoms with E-state index in [-0.39, 0.29) is 0 Å². The van der Waals surface area contributed by atoms with Crippen molar-refractivity contribution in [1.29, 1.82) is 0 Å². The third kappa shape index (κ3) is 5.53. The highest BCUT2D eigenvalue weighted by atomic mass is 16.3. The number of hydrogen-bond donors (Lipinski definition) is 2. The first kappa shape index (κ1) is 15.0. The van der Waals surface area contributed by atoms with E-state index in [1.807, 2.05) is 13.0 Å². The van der Waals surface area contributed by atoms with Gasteiger partial charge in [0.2, 0.25) is 0 Å². The Kier molecular flexibility index (Phi) is 6.78. The highest BCUT2D eigenvalue weighted by Crippen LogP contribution is 2.22. The Morgan fingerprint density at radius 2 is 2.11 bits per heavy atom. The van der Waals surface area contributed by atoms with Crippen LogP contribution in [-0.4, -0.2) is 17.8 Å². The molecule has 1 unspecified atom stereocenters. The van der Waals surface area contributed by atoms with Gasteiger partial charge in [-0.2, -0.15) is 0 Å². The molecule has 1 atom stereocenters. The van der Waals surface area contributed by atoms with Crippen LogP contribution in [0.4, 0.5) is 0 Å². The molecule has 100 valence electrons. The van der Waals surface area contributed by atoms with Crippen LogP contribution in [0.3, 0.4) is 0 Å². The van der Waals surface area contributed by atoms with Gasteiger partial charge in [0.25, 0.3) is 0 Å². The van der Waals surface area contributed by atoms with E-state index in [1.54, 1.807) is 0 Å². The van der Waals surface area contributed by atoms with Gasteiger partial charge >= 0.3 is 0 Å². The molecule has 18 heavy (non-hydrogen) atoms. The van der Waals surface area contributed by atoms with Crippen molar-refractivity contribution in [2.45, 2.75) is 51.6 Å².